The van der Waals surface area contributed by atoms with Crippen LogP contribution in [0.25, 0.3) is 17.0 Å². The first-order valence-corrected chi connectivity index (χ1v) is 13.4. The number of aromatic nitrogens is 1. The number of ether oxygens (including phenoxy) is 2. The molecule has 3 heterocycles. The van der Waals surface area contributed by atoms with Gasteiger partial charge in [0.15, 0.2) is 0 Å². The summed E-state index contributed by atoms with van der Waals surface area (Å²) in [7, 11) is 0. The fourth-order valence-corrected chi connectivity index (χ4v) is 4.66. The highest BCUT2D eigenvalue weighted by Gasteiger charge is 2.33. The molecule has 9 nitrogen and oxygen atoms in total. The van der Waals surface area contributed by atoms with E-state index in [4.69, 9.17) is 14.5 Å². The molecule has 2 amide bonds. The van der Waals surface area contributed by atoms with Gasteiger partial charge in [-0.05, 0) is 56.2 Å². The summed E-state index contributed by atoms with van der Waals surface area (Å²) in [6.45, 7) is 10.1. The minimum Gasteiger partial charge on any atom is -0.455 e. The molecule has 9 heteroatoms. The van der Waals surface area contributed by atoms with Crippen molar-refractivity contribution in [3.05, 3.63) is 47.7 Å². The summed E-state index contributed by atoms with van der Waals surface area (Å²) in [5.41, 5.74) is 5.45. The maximum absolute atomic E-state index is 13.1. The number of nitrogens with zero attached hydrogens (tertiary/aromatic N) is 2. The highest BCUT2D eigenvalue weighted by atomic mass is 16.5. The molecule has 0 aliphatic carbocycles. The molecular weight excluding hydrogens is 484 g/mol. The second kappa shape index (κ2) is 12.0. The van der Waals surface area contributed by atoms with Crippen LogP contribution in [0.2, 0.25) is 0 Å². The molecule has 0 radical (unpaired) electrons. The van der Waals surface area contributed by atoms with Gasteiger partial charge in [-0.25, -0.2) is 10.4 Å². The Hall–Kier alpha value is -3.30. The number of benzene rings is 1. The highest BCUT2D eigenvalue weighted by Crippen LogP contribution is 2.23. The van der Waals surface area contributed by atoms with Crippen molar-refractivity contribution in [2.45, 2.75) is 71.8 Å². The van der Waals surface area contributed by atoms with E-state index < -0.39 is 30.3 Å². The summed E-state index contributed by atoms with van der Waals surface area (Å²) >= 11 is 0. The average molecular weight is 523 g/mol. The second-order valence-corrected chi connectivity index (χ2v) is 10.6. The van der Waals surface area contributed by atoms with Crippen molar-refractivity contribution < 1.29 is 23.9 Å². The molecule has 2 N–H and O–H groups in total. The second-order valence-electron chi connectivity index (χ2n) is 10.6. The lowest BCUT2D eigenvalue weighted by Crippen LogP contribution is -2.60. The Labute approximate surface area is 223 Å². The van der Waals surface area contributed by atoms with Gasteiger partial charge < -0.3 is 14.8 Å². The summed E-state index contributed by atoms with van der Waals surface area (Å²) in [6.07, 6.45) is 3.97. The van der Waals surface area contributed by atoms with Gasteiger partial charge in [-0.1, -0.05) is 51.1 Å². The van der Waals surface area contributed by atoms with Crippen molar-refractivity contribution in [1.82, 2.24) is 20.7 Å². The Morgan fingerprint density at radius 1 is 1.08 bits per heavy atom. The van der Waals surface area contributed by atoms with Crippen LogP contribution in [0, 0.1) is 11.8 Å². The lowest BCUT2D eigenvalue weighted by atomic mass is 10.0. The molecule has 0 spiro atoms. The number of hydrogen-bond donors (Lipinski definition) is 2. The lowest BCUT2D eigenvalue weighted by molar-refractivity contribution is -0.157. The topological polar surface area (TPSA) is 110 Å². The minimum absolute atomic E-state index is 0.0566. The summed E-state index contributed by atoms with van der Waals surface area (Å²) in [4.78, 5) is 43.9. The van der Waals surface area contributed by atoms with Crippen molar-refractivity contribution in [2.75, 3.05) is 13.2 Å². The van der Waals surface area contributed by atoms with Crippen LogP contribution in [0.5, 0.6) is 0 Å². The van der Waals surface area contributed by atoms with Crippen molar-refractivity contribution in [3.8, 4) is 0 Å². The van der Waals surface area contributed by atoms with Gasteiger partial charge in [-0.3, -0.25) is 19.4 Å². The third kappa shape index (κ3) is 6.57. The Morgan fingerprint density at radius 3 is 2.61 bits per heavy atom. The van der Waals surface area contributed by atoms with Crippen LogP contribution in [0.4, 0.5) is 0 Å². The quantitative estimate of drug-likeness (QED) is 0.551. The van der Waals surface area contributed by atoms with Gasteiger partial charge in [-0.2, -0.15) is 0 Å². The molecule has 2 aliphatic heterocycles. The molecule has 204 valence electrons. The number of fused-ring (bicyclic) bond motifs is 4. The lowest BCUT2D eigenvalue weighted by Gasteiger charge is -2.35. The summed E-state index contributed by atoms with van der Waals surface area (Å²) in [5.74, 6) is -1.12. The van der Waals surface area contributed by atoms with Gasteiger partial charge in [-0.15, -0.1) is 0 Å². The molecule has 5 bridgehead atoms. The number of esters is 1. The summed E-state index contributed by atoms with van der Waals surface area (Å²) < 4.78 is 11.8. The molecule has 38 heavy (non-hydrogen) atoms. The molecule has 5 atom stereocenters. The Bertz CT molecular complexity index is 1210. The molecule has 1 aromatic carbocycles. The van der Waals surface area contributed by atoms with E-state index in [0.717, 1.165) is 16.5 Å². The molecule has 2 unspecified atom stereocenters. The average Bonchev–Trinajstić information content (AvgIpc) is 2.90. The number of amides is 2. The zero-order valence-electron chi connectivity index (χ0n) is 22.8. The van der Waals surface area contributed by atoms with E-state index in [0.29, 0.717) is 31.7 Å². The number of carbonyl (C=O) groups is 3. The number of hydrazine groups is 1. The molecule has 4 rings (SSSR count). The maximum atomic E-state index is 13.1. The van der Waals surface area contributed by atoms with Gasteiger partial charge in [0.25, 0.3) is 5.91 Å². The SMILES string of the molecule is CC1/C=C/c2ccc3ccc(nc3c2)[C@@H](C)OC(=O)[C@@H]2CCCN(N2)C(=O)[C@H](C)NC(=O)C(C(C)C)OC1. The van der Waals surface area contributed by atoms with Crippen LogP contribution in [-0.4, -0.2) is 59.1 Å². The van der Waals surface area contributed by atoms with Gasteiger partial charge in [0.05, 0.1) is 17.8 Å². The van der Waals surface area contributed by atoms with Crippen LogP contribution in [0.15, 0.2) is 36.4 Å². The first-order valence-electron chi connectivity index (χ1n) is 13.4. The number of rotatable bonds is 1. The fraction of sp³-hybridized carbons (Fsp3) is 0.517. The first-order chi connectivity index (χ1) is 18.1. The monoisotopic (exact) mass is 522 g/mol. The van der Waals surface area contributed by atoms with E-state index >= 15 is 0 Å². The largest absolute Gasteiger partial charge is 0.455 e. The normalized spacial score (nSPS) is 28.7. The van der Waals surface area contributed by atoms with E-state index in [1.807, 2.05) is 63.3 Å². The predicted molar refractivity (Wildman–Crippen MR) is 145 cm³/mol. The van der Waals surface area contributed by atoms with Crippen LogP contribution in [-0.2, 0) is 23.9 Å². The number of nitrogens with one attached hydrogen (secondary N) is 2. The van der Waals surface area contributed by atoms with Crippen LogP contribution >= 0.6 is 0 Å². The van der Waals surface area contributed by atoms with E-state index in [9.17, 15) is 14.4 Å². The number of cyclic esters (lactones) is 1. The maximum Gasteiger partial charge on any atom is 0.325 e. The third-order valence-electron chi connectivity index (χ3n) is 6.93. The third-order valence-corrected chi connectivity index (χ3v) is 6.93. The van der Waals surface area contributed by atoms with Gasteiger partial charge in [0.1, 0.15) is 24.3 Å². The van der Waals surface area contributed by atoms with E-state index in [1.165, 1.54) is 5.01 Å². The highest BCUT2D eigenvalue weighted by molar-refractivity contribution is 5.89. The van der Waals surface area contributed by atoms with Gasteiger partial charge in [0.2, 0.25) is 5.91 Å². The predicted octanol–water partition coefficient (Wildman–Crippen LogP) is 3.54. The Morgan fingerprint density at radius 2 is 1.84 bits per heavy atom. The van der Waals surface area contributed by atoms with Crippen LogP contribution < -0.4 is 10.7 Å². The van der Waals surface area contributed by atoms with Crippen LogP contribution in [0.1, 0.15) is 64.8 Å². The van der Waals surface area contributed by atoms with Crippen molar-refractivity contribution >= 4 is 34.8 Å². The molecule has 0 saturated carbocycles. The first kappa shape index (κ1) is 27.7. The van der Waals surface area contributed by atoms with E-state index in [2.05, 4.69) is 10.7 Å². The standard InChI is InChI=1S/C29H38N4O5/c1-17(2)26-27(34)30-19(4)28(35)33-14-6-7-24(32-33)29(36)38-20(5)23-13-12-22-11-10-21(15-25(22)31-23)9-8-18(3)16-37-26/h8-13,15,17-20,24,26,32H,6-7,14,16H2,1-5H3,(H,30,34)/b9-8+/t18?,19-,20+,24-,26?/m0/s1. The molecule has 2 aromatic rings. The molecular formula is C29H38N4O5. The van der Waals surface area contributed by atoms with Gasteiger partial charge in [0, 0.05) is 11.9 Å². The van der Waals surface area contributed by atoms with Crippen molar-refractivity contribution in [2.24, 2.45) is 11.8 Å². The van der Waals surface area contributed by atoms with Crippen molar-refractivity contribution in [3.63, 3.8) is 0 Å². The van der Waals surface area contributed by atoms with Crippen LogP contribution in [0.3, 0.4) is 0 Å². The number of carbonyl (C=O) groups excluding carboxylic acids is 3. The Balaban J connectivity index is 1.64. The zero-order valence-corrected chi connectivity index (χ0v) is 22.8. The molecule has 1 aromatic heterocycles. The van der Waals surface area contributed by atoms with Gasteiger partial charge >= 0.3 is 5.97 Å². The summed E-state index contributed by atoms with van der Waals surface area (Å²) in [6, 6.07) is 8.41. The Kier molecular flexibility index (Phi) is 8.79. The minimum atomic E-state index is -0.790. The number of pyridine rings is 1. The molecule has 2 aliphatic rings. The summed E-state index contributed by atoms with van der Waals surface area (Å²) in [5, 5.41) is 5.19. The molecule has 1 saturated heterocycles. The fourth-order valence-electron chi connectivity index (χ4n) is 4.66. The van der Waals surface area contributed by atoms with Crippen molar-refractivity contribution in [1.29, 1.82) is 0 Å². The van der Waals surface area contributed by atoms with E-state index in [-0.39, 0.29) is 23.7 Å². The molecule has 1 fully saturated rings. The zero-order chi connectivity index (χ0) is 27.4. The van der Waals surface area contributed by atoms with E-state index in [1.54, 1.807) is 13.8 Å². The number of hydrogen-bond acceptors (Lipinski definition) is 7. The smallest absolute Gasteiger partial charge is 0.325 e.